The Balaban J connectivity index is 1.65. The molecule has 1 aliphatic rings. The van der Waals surface area contributed by atoms with Crippen LogP contribution in [-0.2, 0) is 15.9 Å². The molecular formula is C24H37NO5. The first kappa shape index (κ1) is 22.8. The Morgan fingerprint density at radius 3 is 2.30 bits per heavy atom. The van der Waals surface area contributed by atoms with E-state index in [9.17, 15) is 0 Å². The molecule has 0 saturated heterocycles. The number of rotatable bonds is 14. The van der Waals surface area contributed by atoms with Gasteiger partial charge < -0.3 is 28.7 Å². The average Bonchev–Trinajstić information content (AvgIpc) is 3.06. The molecule has 0 unspecified atom stereocenters. The third kappa shape index (κ3) is 5.03. The standard InChI is InChI=1S/C24H37NO5/c1-5-24(14-10-15-24)30-17-26-16-9-11-19-22(28-7-3)21-18(25-19)12-13-20(27-6-2)23(21)29-8-4/h12-13,25H,5-11,14-17H2,1-4H3. The van der Waals surface area contributed by atoms with Gasteiger partial charge in [-0.05, 0) is 71.4 Å². The van der Waals surface area contributed by atoms with Crippen LogP contribution in [0.25, 0.3) is 10.9 Å². The van der Waals surface area contributed by atoms with Crippen LogP contribution < -0.4 is 14.2 Å². The zero-order valence-electron chi connectivity index (χ0n) is 19.0. The summed E-state index contributed by atoms with van der Waals surface area (Å²) < 4.78 is 29.5. The van der Waals surface area contributed by atoms with Crippen LogP contribution in [0.15, 0.2) is 12.1 Å². The van der Waals surface area contributed by atoms with Gasteiger partial charge in [0.2, 0.25) is 0 Å². The molecule has 1 fully saturated rings. The number of hydrogen-bond acceptors (Lipinski definition) is 5. The molecule has 6 nitrogen and oxygen atoms in total. The second-order valence-electron chi connectivity index (χ2n) is 7.71. The molecule has 0 amide bonds. The zero-order chi connectivity index (χ0) is 21.4. The molecule has 1 saturated carbocycles. The summed E-state index contributed by atoms with van der Waals surface area (Å²) >= 11 is 0. The van der Waals surface area contributed by atoms with Gasteiger partial charge in [0.25, 0.3) is 0 Å². The fourth-order valence-electron chi connectivity index (χ4n) is 4.05. The Bertz CT molecular complexity index is 791. The minimum atomic E-state index is 0.0766. The lowest BCUT2D eigenvalue weighted by atomic mass is 9.78. The predicted octanol–water partition coefficient (Wildman–Crippen LogP) is 5.62. The summed E-state index contributed by atoms with van der Waals surface area (Å²) in [5.41, 5.74) is 2.14. The van der Waals surface area contributed by atoms with Crippen molar-refractivity contribution in [3.8, 4) is 17.2 Å². The van der Waals surface area contributed by atoms with Crippen LogP contribution in [0.3, 0.4) is 0 Å². The Morgan fingerprint density at radius 2 is 1.67 bits per heavy atom. The topological polar surface area (TPSA) is 61.9 Å². The quantitative estimate of drug-likeness (QED) is 0.318. The predicted molar refractivity (Wildman–Crippen MR) is 119 cm³/mol. The lowest BCUT2D eigenvalue weighted by Gasteiger charge is -2.40. The third-order valence-electron chi connectivity index (χ3n) is 5.86. The number of nitrogens with one attached hydrogen (secondary N) is 1. The molecule has 0 aliphatic heterocycles. The van der Waals surface area contributed by atoms with Crippen molar-refractivity contribution < 1.29 is 23.7 Å². The van der Waals surface area contributed by atoms with Gasteiger partial charge in [-0.15, -0.1) is 0 Å². The zero-order valence-corrected chi connectivity index (χ0v) is 19.0. The lowest BCUT2D eigenvalue weighted by molar-refractivity contribution is -0.175. The summed E-state index contributed by atoms with van der Waals surface area (Å²) in [7, 11) is 0. The van der Waals surface area contributed by atoms with Gasteiger partial charge in [0.1, 0.15) is 6.79 Å². The molecule has 1 aromatic carbocycles. The molecule has 6 heteroatoms. The van der Waals surface area contributed by atoms with Crippen molar-refractivity contribution >= 4 is 10.9 Å². The van der Waals surface area contributed by atoms with Crippen molar-refractivity contribution in [2.45, 2.75) is 71.8 Å². The number of benzene rings is 1. The molecule has 1 aliphatic carbocycles. The molecule has 0 bridgehead atoms. The number of fused-ring (bicyclic) bond motifs is 1. The molecular weight excluding hydrogens is 382 g/mol. The van der Waals surface area contributed by atoms with Crippen molar-refractivity contribution in [1.82, 2.24) is 4.98 Å². The molecule has 1 aromatic heterocycles. The molecule has 0 radical (unpaired) electrons. The van der Waals surface area contributed by atoms with E-state index in [0.29, 0.717) is 33.2 Å². The fourth-order valence-corrected chi connectivity index (χ4v) is 4.05. The number of hydrogen-bond donors (Lipinski definition) is 1. The summed E-state index contributed by atoms with van der Waals surface area (Å²) in [4.78, 5) is 3.51. The summed E-state index contributed by atoms with van der Waals surface area (Å²) in [5, 5.41) is 0.957. The van der Waals surface area contributed by atoms with Crippen molar-refractivity contribution in [2.75, 3.05) is 33.2 Å². The molecule has 3 rings (SSSR count). The third-order valence-corrected chi connectivity index (χ3v) is 5.86. The van der Waals surface area contributed by atoms with Gasteiger partial charge in [-0.3, -0.25) is 0 Å². The first-order valence-corrected chi connectivity index (χ1v) is 11.5. The number of ether oxygens (including phenoxy) is 5. The van der Waals surface area contributed by atoms with E-state index in [2.05, 4.69) is 11.9 Å². The Kier molecular flexibility index (Phi) is 8.28. The van der Waals surface area contributed by atoms with Crippen LogP contribution in [0.2, 0.25) is 0 Å². The molecule has 2 aromatic rings. The van der Waals surface area contributed by atoms with E-state index in [1.807, 2.05) is 32.9 Å². The summed E-state index contributed by atoms with van der Waals surface area (Å²) in [5.74, 6) is 2.35. The first-order chi connectivity index (χ1) is 14.7. The second kappa shape index (κ2) is 10.9. The fraction of sp³-hybridized carbons (Fsp3) is 0.667. The largest absolute Gasteiger partial charge is 0.491 e. The van der Waals surface area contributed by atoms with Gasteiger partial charge in [-0.2, -0.15) is 0 Å². The highest BCUT2D eigenvalue weighted by molar-refractivity contribution is 5.95. The van der Waals surface area contributed by atoms with E-state index in [1.165, 1.54) is 6.42 Å². The Morgan fingerprint density at radius 1 is 0.933 bits per heavy atom. The number of aromatic nitrogens is 1. The van der Waals surface area contributed by atoms with Crippen molar-refractivity contribution in [1.29, 1.82) is 0 Å². The monoisotopic (exact) mass is 419 g/mol. The van der Waals surface area contributed by atoms with E-state index in [0.717, 1.165) is 65.9 Å². The highest BCUT2D eigenvalue weighted by Gasteiger charge is 2.36. The van der Waals surface area contributed by atoms with Gasteiger partial charge in [-0.1, -0.05) is 6.92 Å². The van der Waals surface area contributed by atoms with E-state index < -0.39 is 0 Å². The Hall–Kier alpha value is -1.92. The van der Waals surface area contributed by atoms with Gasteiger partial charge in [0, 0.05) is 6.61 Å². The van der Waals surface area contributed by atoms with E-state index in [4.69, 9.17) is 23.7 Å². The van der Waals surface area contributed by atoms with Crippen molar-refractivity contribution in [2.24, 2.45) is 0 Å². The van der Waals surface area contributed by atoms with Gasteiger partial charge in [0.15, 0.2) is 17.2 Å². The lowest BCUT2D eigenvalue weighted by Crippen LogP contribution is -2.40. The molecule has 168 valence electrons. The van der Waals surface area contributed by atoms with E-state index in [-0.39, 0.29) is 5.60 Å². The van der Waals surface area contributed by atoms with Crippen LogP contribution >= 0.6 is 0 Å². The van der Waals surface area contributed by atoms with Crippen LogP contribution in [0.1, 0.15) is 65.5 Å². The van der Waals surface area contributed by atoms with Gasteiger partial charge in [0.05, 0.1) is 42.0 Å². The second-order valence-corrected chi connectivity index (χ2v) is 7.71. The minimum Gasteiger partial charge on any atom is -0.491 e. The molecule has 1 heterocycles. The smallest absolute Gasteiger partial charge is 0.174 e. The van der Waals surface area contributed by atoms with Crippen LogP contribution in [0, 0.1) is 0 Å². The highest BCUT2D eigenvalue weighted by Crippen LogP contribution is 2.43. The SMILES string of the molecule is CCOc1ccc2[nH]c(CCCOCOC3(CC)CCC3)c(OCC)c2c1OCC. The number of aryl methyl sites for hydroxylation is 1. The molecule has 0 spiro atoms. The van der Waals surface area contributed by atoms with Crippen molar-refractivity contribution in [3.63, 3.8) is 0 Å². The summed E-state index contributed by atoms with van der Waals surface area (Å²) in [6.07, 6.45) is 6.37. The Labute approximate surface area is 180 Å². The maximum Gasteiger partial charge on any atom is 0.174 e. The van der Waals surface area contributed by atoms with Crippen LogP contribution in [0.5, 0.6) is 17.2 Å². The molecule has 30 heavy (non-hydrogen) atoms. The van der Waals surface area contributed by atoms with E-state index >= 15 is 0 Å². The normalized spacial score (nSPS) is 15.2. The average molecular weight is 420 g/mol. The van der Waals surface area contributed by atoms with Crippen LogP contribution in [0.4, 0.5) is 0 Å². The minimum absolute atomic E-state index is 0.0766. The molecule has 1 N–H and O–H groups in total. The highest BCUT2D eigenvalue weighted by atomic mass is 16.7. The maximum absolute atomic E-state index is 6.04. The number of H-pyrrole nitrogens is 1. The van der Waals surface area contributed by atoms with Crippen molar-refractivity contribution in [3.05, 3.63) is 17.8 Å². The van der Waals surface area contributed by atoms with Gasteiger partial charge in [-0.25, -0.2) is 0 Å². The summed E-state index contributed by atoms with van der Waals surface area (Å²) in [6.45, 7) is 10.9. The number of aromatic amines is 1. The van der Waals surface area contributed by atoms with E-state index in [1.54, 1.807) is 0 Å². The first-order valence-electron chi connectivity index (χ1n) is 11.5. The maximum atomic E-state index is 6.04. The van der Waals surface area contributed by atoms with Gasteiger partial charge >= 0.3 is 0 Å². The summed E-state index contributed by atoms with van der Waals surface area (Å²) in [6, 6.07) is 3.99. The molecule has 0 atom stereocenters. The van der Waals surface area contributed by atoms with Crippen LogP contribution in [-0.4, -0.2) is 43.8 Å².